The lowest BCUT2D eigenvalue weighted by molar-refractivity contribution is 0.102. The van der Waals surface area contributed by atoms with E-state index in [2.05, 4.69) is 58.8 Å². The third-order valence-corrected chi connectivity index (χ3v) is 7.75. The predicted molar refractivity (Wildman–Crippen MR) is 167 cm³/mol. The lowest BCUT2D eigenvalue weighted by Gasteiger charge is -2.11. The van der Waals surface area contributed by atoms with Crippen LogP contribution in [0.1, 0.15) is 50.1 Å². The summed E-state index contributed by atoms with van der Waals surface area (Å²) in [6, 6.07) is 14.2. The highest BCUT2D eigenvalue weighted by molar-refractivity contribution is 9.09. The second-order valence-electron chi connectivity index (χ2n) is 9.71. The summed E-state index contributed by atoms with van der Waals surface area (Å²) in [5.74, 6) is -0.893. The minimum Gasteiger partial charge on any atom is -0.366 e. The summed E-state index contributed by atoms with van der Waals surface area (Å²) in [5, 5.41) is 3.08. The van der Waals surface area contributed by atoms with E-state index >= 15 is 0 Å². The van der Waals surface area contributed by atoms with E-state index in [0.717, 1.165) is 40.4 Å². The average molecular weight is 627 g/mol. The van der Waals surface area contributed by atoms with Crippen LogP contribution in [-0.4, -0.2) is 40.9 Å². The molecule has 40 heavy (non-hydrogen) atoms. The summed E-state index contributed by atoms with van der Waals surface area (Å²) >= 11 is 4.56. The summed E-state index contributed by atoms with van der Waals surface area (Å²) in [5.41, 5.74) is 7.69. The maximum atomic E-state index is 14.2. The van der Waals surface area contributed by atoms with Crippen LogP contribution in [0.2, 0.25) is 0 Å². The van der Waals surface area contributed by atoms with E-state index in [0.29, 0.717) is 11.3 Å². The summed E-state index contributed by atoms with van der Waals surface area (Å²) in [6.45, 7) is 10.9. The van der Waals surface area contributed by atoms with Gasteiger partial charge in [-0.1, -0.05) is 34.1 Å². The molecular weight excluding hydrogens is 592 g/mol. The Morgan fingerprint density at radius 1 is 1.00 bits per heavy atom. The van der Waals surface area contributed by atoms with Gasteiger partial charge in [0.25, 0.3) is 0 Å². The van der Waals surface area contributed by atoms with Gasteiger partial charge in [0, 0.05) is 31.0 Å². The maximum Gasteiger partial charge on any atom is 0.176 e. The van der Waals surface area contributed by atoms with Gasteiger partial charge >= 0.3 is 0 Å². The zero-order valence-electron chi connectivity index (χ0n) is 23.7. The third kappa shape index (κ3) is 8.38. The number of rotatable bonds is 8. The molecule has 3 aromatic carbocycles. The highest BCUT2D eigenvalue weighted by atomic mass is 79.9. The molecular formula is C32H34BrF2N3OS. The number of ketones is 1. The molecule has 0 amide bonds. The van der Waals surface area contributed by atoms with Gasteiger partial charge in [0.1, 0.15) is 11.6 Å². The number of nitrogens with zero attached hydrogens (tertiary/aromatic N) is 3. The molecule has 4 rings (SSSR count). The number of thiazole rings is 1. The largest absolute Gasteiger partial charge is 0.366 e. The van der Waals surface area contributed by atoms with Crippen molar-refractivity contribution in [2.24, 2.45) is 4.99 Å². The first kappa shape index (κ1) is 31.3. The fourth-order valence-corrected chi connectivity index (χ4v) is 4.98. The van der Waals surface area contributed by atoms with Crippen LogP contribution in [0.3, 0.4) is 0 Å². The SMILES string of the molecule is CCN(C)C=Nc1cc(C)c(Cc2nc(-c3ccc(C)cc3F)cs2)cc1C.Cc1ccc(C(=O)CBr)c(F)c1. The van der Waals surface area contributed by atoms with Gasteiger partial charge in [0.05, 0.1) is 33.6 Å². The molecule has 0 radical (unpaired) electrons. The number of benzene rings is 3. The average Bonchev–Trinajstić information content (AvgIpc) is 3.37. The van der Waals surface area contributed by atoms with Crippen LogP contribution in [0, 0.1) is 39.3 Å². The van der Waals surface area contributed by atoms with Crippen molar-refractivity contribution in [3.05, 3.63) is 104 Å². The monoisotopic (exact) mass is 625 g/mol. The molecule has 1 heterocycles. The number of alkyl halides is 1. The molecule has 0 N–H and O–H groups in total. The highest BCUT2D eigenvalue weighted by Crippen LogP contribution is 2.29. The Hall–Kier alpha value is -3.23. The molecule has 1 aromatic heterocycles. The van der Waals surface area contributed by atoms with E-state index in [9.17, 15) is 13.6 Å². The molecule has 210 valence electrons. The predicted octanol–water partition coefficient (Wildman–Crippen LogP) is 8.79. The fraction of sp³-hybridized carbons (Fsp3) is 0.281. The number of carbonyl (C=O) groups is 1. The van der Waals surface area contributed by atoms with E-state index in [1.54, 1.807) is 36.5 Å². The van der Waals surface area contributed by atoms with Crippen LogP contribution in [0.25, 0.3) is 11.3 Å². The second kappa shape index (κ2) is 14.4. The van der Waals surface area contributed by atoms with Gasteiger partial charge in [-0.25, -0.2) is 18.8 Å². The number of hydrogen-bond donors (Lipinski definition) is 0. The Labute approximate surface area is 247 Å². The zero-order valence-corrected chi connectivity index (χ0v) is 26.1. The van der Waals surface area contributed by atoms with Crippen LogP contribution < -0.4 is 0 Å². The number of halogens is 3. The number of aryl methyl sites for hydroxylation is 4. The van der Waals surface area contributed by atoms with Crippen molar-refractivity contribution in [1.29, 1.82) is 0 Å². The minimum absolute atomic E-state index is 0.150. The molecule has 0 unspecified atom stereocenters. The van der Waals surface area contributed by atoms with Crippen molar-refractivity contribution in [3.8, 4) is 11.3 Å². The molecule has 4 nitrogen and oxygen atoms in total. The highest BCUT2D eigenvalue weighted by Gasteiger charge is 2.12. The van der Waals surface area contributed by atoms with Crippen LogP contribution >= 0.6 is 27.3 Å². The molecule has 0 saturated heterocycles. The van der Waals surface area contributed by atoms with Crippen LogP contribution in [0.4, 0.5) is 14.5 Å². The minimum atomic E-state index is -0.445. The third-order valence-electron chi connectivity index (χ3n) is 6.39. The molecule has 0 aliphatic carbocycles. The van der Waals surface area contributed by atoms with E-state index < -0.39 is 5.82 Å². The molecule has 8 heteroatoms. The van der Waals surface area contributed by atoms with E-state index in [4.69, 9.17) is 0 Å². The van der Waals surface area contributed by atoms with Gasteiger partial charge < -0.3 is 4.90 Å². The smallest absolute Gasteiger partial charge is 0.176 e. The Morgan fingerprint density at radius 3 is 2.30 bits per heavy atom. The Morgan fingerprint density at radius 2 is 1.68 bits per heavy atom. The van der Waals surface area contributed by atoms with E-state index in [1.807, 2.05) is 36.7 Å². The number of hydrogen-bond acceptors (Lipinski definition) is 4. The van der Waals surface area contributed by atoms with Crippen molar-refractivity contribution >= 4 is 45.1 Å². The molecule has 0 aliphatic heterocycles. The Balaban J connectivity index is 0.000000307. The van der Waals surface area contributed by atoms with Crippen molar-refractivity contribution in [2.45, 2.75) is 41.0 Å². The maximum absolute atomic E-state index is 14.2. The first-order valence-corrected chi connectivity index (χ1v) is 14.9. The number of aromatic nitrogens is 1. The van der Waals surface area contributed by atoms with Crippen LogP contribution in [0.5, 0.6) is 0 Å². The topological polar surface area (TPSA) is 45.6 Å². The van der Waals surface area contributed by atoms with Gasteiger partial charge in [0.15, 0.2) is 5.78 Å². The molecule has 0 aliphatic rings. The molecule has 0 bridgehead atoms. The summed E-state index contributed by atoms with van der Waals surface area (Å²) in [6.07, 6.45) is 2.61. The first-order valence-electron chi connectivity index (χ1n) is 12.9. The Kier molecular flexibility index (Phi) is 11.3. The lowest BCUT2D eigenvalue weighted by Crippen LogP contribution is -2.14. The van der Waals surface area contributed by atoms with E-state index in [1.165, 1.54) is 23.3 Å². The lowest BCUT2D eigenvalue weighted by atomic mass is 10.0. The van der Waals surface area contributed by atoms with Crippen molar-refractivity contribution in [1.82, 2.24) is 9.88 Å². The summed E-state index contributed by atoms with van der Waals surface area (Å²) in [7, 11) is 2.01. The molecule has 0 spiro atoms. The molecule has 4 aromatic rings. The van der Waals surface area contributed by atoms with Crippen LogP contribution in [-0.2, 0) is 6.42 Å². The number of Topliss-reactive ketones (excluding diaryl/α,β-unsaturated/α-hetero) is 1. The zero-order chi connectivity index (χ0) is 29.4. The van der Waals surface area contributed by atoms with Gasteiger partial charge in [-0.15, -0.1) is 11.3 Å². The Bertz CT molecular complexity index is 1520. The standard InChI is InChI=1S/C23H26FN3S.C9H8BrFO/c1-6-27(5)14-25-21-11-16(3)18(10-17(21)4)12-23-26-22(13-28-23)19-8-7-15(2)9-20(19)24;1-6-2-3-7(8(11)4-6)9(12)5-10/h7-11,13-14H,6,12H2,1-5H3;2-4H,5H2,1H3. The summed E-state index contributed by atoms with van der Waals surface area (Å²) in [4.78, 5) is 22.4. The fourth-order valence-electron chi connectivity index (χ4n) is 3.86. The van der Waals surface area contributed by atoms with Gasteiger partial charge in [0.2, 0.25) is 0 Å². The normalized spacial score (nSPS) is 10.9. The molecule has 0 saturated carbocycles. The number of aliphatic imine (C=N–C) groups is 1. The van der Waals surface area contributed by atoms with Gasteiger partial charge in [-0.3, -0.25) is 4.79 Å². The van der Waals surface area contributed by atoms with Gasteiger partial charge in [-0.05, 0) is 92.8 Å². The van der Waals surface area contributed by atoms with E-state index in [-0.39, 0.29) is 22.5 Å². The summed E-state index contributed by atoms with van der Waals surface area (Å²) < 4.78 is 27.3. The molecule has 0 atom stereocenters. The first-order chi connectivity index (χ1) is 19.0. The van der Waals surface area contributed by atoms with Crippen molar-refractivity contribution < 1.29 is 13.6 Å². The van der Waals surface area contributed by atoms with Crippen LogP contribution in [0.15, 0.2) is 58.9 Å². The quantitative estimate of drug-likeness (QED) is 0.0850. The van der Waals surface area contributed by atoms with Gasteiger partial charge in [-0.2, -0.15) is 0 Å². The number of carbonyl (C=O) groups excluding carboxylic acids is 1. The second-order valence-corrected chi connectivity index (χ2v) is 11.2. The van der Waals surface area contributed by atoms with Crippen molar-refractivity contribution in [3.63, 3.8) is 0 Å². The molecule has 0 fully saturated rings. The van der Waals surface area contributed by atoms with Crippen molar-refractivity contribution in [2.75, 3.05) is 18.9 Å².